The van der Waals surface area contributed by atoms with Crippen molar-refractivity contribution in [3.8, 4) is 11.5 Å². The summed E-state index contributed by atoms with van der Waals surface area (Å²) in [5.74, 6) is 1.21. The van der Waals surface area contributed by atoms with Crippen LogP contribution in [0.25, 0.3) is 0 Å². The van der Waals surface area contributed by atoms with E-state index in [-0.39, 0.29) is 16.6 Å². The molecule has 0 saturated carbocycles. The third-order valence-electron chi connectivity index (χ3n) is 6.07. The summed E-state index contributed by atoms with van der Waals surface area (Å²) in [6, 6.07) is 10.1. The molecule has 31 heavy (non-hydrogen) atoms. The van der Waals surface area contributed by atoms with E-state index in [1.807, 2.05) is 36.4 Å². The zero-order valence-electron chi connectivity index (χ0n) is 20.1. The van der Waals surface area contributed by atoms with Crippen molar-refractivity contribution in [1.82, 2.24) is 4.98 Å². The quantitative estimate of drug-likeness (QED) is 0.258. The number of benzene rings is 1. The molecule has 170 valence electrons. The minimum atomic E-state index is -2.11. The Labute approximate surface area is 197 Å². The number of hydrogen-bond acceptors (Lipinski definition) is 4. The van der Waals surface area contributed by atoms with Gasteiger partial charge in [0.1, 0.15) is 12.3 Å². The van der Waals surface area contributed by atoms with Gasteiger partial charge in [0.15, 0.2) is 19.8 Å². The molecule has 0 fully saturated rings. The van der Waals surface area contributed by atoms with E-state index >= 15 is 0 Å². The Bertz CT molecular complexity index is 892. The van der Waals surface area contributed by atoms with Gasteiger partial charge >= 0.3 is 0 Å². The predicted molar refractivity (Wildman–Crippen MR) is 134 cm³/mol. The monoisotopic (exact) mass is 505 g/mol. The average molecular weight is 507 g/mol. The van der Waals surface area contributed by atoms with E-state index in [9.17, 15) is 0 Å². The Kier molecular flexibility index (Phi) is 8.17. The molecule has 0 bridgehead atoms. The normalized spacial score (nSPS) is 13.6. The van der Waals surface area contributed by atoms with Crippen LogP contribution < -0.4 is 9.47 Å². The van der Waals surface area contributed by atoms with Crippen molar-refractivity contribution >= 4 is 24.2 Å². The Hall–Kier alpha value is -1.63. The second-order valence-electron chi connectivity index (χ2n) is 9.91. The van der Waals surface area contributed by atoms with Crippen LogP contribution in [0.3, 0.4) is 0 Å². The SMILES string of the molecule is C=CC(C)(C)C(O[Si](C)(C)C(C)(C)C)c1ncc(Br)c(OCc2ccccc2)c1OC. The first-order chi connectivity index (χ1) is 14.3. The molecule has 0 aliphatic carbocycles. The third kappa shape index (κ3) is 5.99. The summed E-state index contributed by atoms with van der Waals surface area (Å²) in [5, 5.41) is 0.0533. The maximum Gasteiger partial charge on any atom is 0.193 e. The number of hydrogen-bond donors (Lipinski definition) is 0. The van der Waals surface area contributed by atoms with Crippen LogP contribution in [0, 0.1) is 5.41 Å². The molecule has 6 heteroatoms. The van der Waals surface area contributed by atoms with Gasteiger partial charge in [0.25, 0.3) is 0 Å². The van der Waals surface area contributed by atoms with Crippen molar-refractivity contribution in [2.24, 2.45) is 5.41 Å². The molecule has 0 spiro atoms. The number of nitrogens with zero attached hydrogens (tertiary/aromatic N) is 1. The predicted octanol–water partition coefficient (Wildman–Crippen LogP) is 7.71. The highest BCUT2D eigenvalue weighted by Gasteiger charge is 2.44. The molecule has 2 rings (SSSR count). The number of aromatic nitrogens is 1. The molecule has 0 aliphatic rings. The van der Waals surface area contributed by atoms with Gasteiger partial charge < -0.3 is 13.9 Å². The summed E-state index contributed by atoms with van der Waals surface area (Å²) < 4.78 is 19.7. The number of rotatable bonds is 9. The van der Waals surface area contributed by atoms with Gasteiger partial charge in [0, 0.05) is 11.6 Å². The number of ether oxygens (including phenoxy) is 2. The summed E-state index contributed by atoms with van der Waals surface area (Å²) in [6.45, 7) is 19.9. The van der Waals surface area contributed by atoms with Gasteiger partial charge in [-0.2, -0.15) is 0 Å². The number of pyridine rings is 1. The van der Waals surface area contributed by atoms with Crippen molar-refractivity contribution in [3.05, 3.63) is 64.9 Å². The molecule has 0 amide bonds. The summed E-state index contributed by atoms with van der Waals surface area (Å²) in [7, 11) is -0.465. The first kappa shape index (κ1) is 25.6. The van der Waals surface area contributed by atoms with Crippen molar-refractivity contribution in [1.29, 1.82) is 0 Å². The Morgan fingerprint density at radius 2 is 1.71 bits per heavy atom. The highest BCUT2D eigenvalue weighted by molar-refractivity contribution is 9.10. The van der Waals surface area contributed by atoms with E-state index in [1.165, 1.54) is 0 Å². The molecule has 0 aliphatic heterocycles. The molecule has 1 heterocycles. The number of halogens is 1. The van der Waals surface area contributed by atoms with Crippen molar-refractivity contribution in [2.45, 2.75) is 65.5 Å². The van der Waals surface area contributed by atoms with Crippen LogP contribution in [0.15, 0.2) is 53.7 Å². The van der Waals surface area contributed by atoms with Crippen LogP contribution >= 0.6 is 15.9 Å². The van der Waals surface area contributed by atoms with E-state index in [2.05, 4.69) is 70.2 Å². The van der Waals surface area contributed by atoms with E-state index in [4.69, 9.17) is 18.9 Å². The Morgan fingerprint density at radius 1 is 1.10 bits per heavy atom. The van der Waals surface area contributed by atoms with E-state index in [0.29, 0.717) is 18.1 Å². The highest BCUT2D eigenvalue weighted by atomic mass is 79.9. The van der Waals surface area contributed by atoms with Crippen molar-refractivity contribution < 1.29 is 13.9 Å². The zero-order valence-corrected chi connectivity index (χ0v) is 22.7. The molecule has 1 atom stereocenters. The second kappa shape index (κ2) is 9.88. The smallest absolute Gasteiger partial charge is 0.193 e. The van der Waals surface area contributed by atoms with Crippen LogP contribution in [-0.2, 0) is 11.0 Å². The van der Waals surface area contributed by atoms with Crippen LogP contribution in [-0.4, -0.2) is 20.4 Å². The lowest BCUT2D eigenvalue weighted by molar-refractivity contribution is 0.0845. The fourth-order valence-corrected chi connectivity index (χ4v) is 4.61. The number of methoxy groups -OCH3 is 1. The minimum absolute atomic E-state index is 0.0533. The summed E-state index contributed by atoms with van der Waals surface area (Å²) in [5.41, 5.74) is 1.44. The maximum atomic E-state index is 6.90. The average Bonchev–Trinajstić information content (AvgIpc) is 2.71. The minimum Gasteiger partial charge on any atom is -0.491 e. The third-order valence-corrected chi connectivity index (χ3v) is 11.1. The van der Waals surface area contributed by atoms with Gasteiger partial charge in [-0.1, -0.05) is 71.0 Å². The summed E-state index contributed by atoms with van der Waals surface area (Å²) in [6.07, 6.45) is 3.37. The first-order valence-corrected chi connectivity index (χ1v) is 14.2. The molecule has 0 radical (unpaired) electrons. The van der Waals surface area contributed by atoms with Crippen LogP contribution in [0.5, 0.6) is 11.5 Å². The largest absolute Gasteiger partial charge is 0.491 e. The Morgan fingerprint density at radius 3 is 2.23 bits per heavy atom. The fraction of sp³-hybridized carbons (Fsp3) is 0.480. The second-order valence-corrected chi connectivity index (χ2v) is 15.5. The highest BCUT2D eigenvalue weighted by Crippen LogP contribution is 2.49. The lowest BCUT2D eigenvalue weighted by Crippen LogP contribution is -2.44. The molecule has 1 aromatic carbocycles. The summed E-state index contributed by atoms with van der Waals surface area (Å²) >= 11 is 3.59. The summed E-state index contributed by atoms with van der Waals surface area (Å²) in [4.78, 5) is 4.74. The molecular formula is C25H36BrNO3Si. The molecule has 4 nitrogen and oxygen atoms in total. The molecule has 0 N–H and O–H groups in total. The maximum absolute atomic E-state index is 6.90. The molecule has 1 aromatic heterocycles. The van der Waals surface area contributed by atoms with Crippen molar-refractivity contribution in [3.63, 3.8) is 0 Å². The van der Waals surface area contributed by atoms with Crippen molar-refractivity contribution in [2.75, 3.05) is 7.11 Å². The standard InChI is InChI=1S/C25H36BrNO3Si/c1-10-25(5,6)23(30-31(8,9)24(2,3)4)20-22(28-7)21(19(26)16-27-20)29-17-18-14-12-11-13-15-18/h10-16,23H,1,17H2,2-9H3. The van der Waals surface area contributed by atoms with E-state index < -0.39 is 8.32 Å². The molecule has 2 aromatic rings. The van der Waals surface area contributed by atoms with Crippen LogP contribution in [0.2, 0.25) is 18.1 Å². The Balaban J connectivity index is 2.54. The fourth-order valence-electron chi connectivity index (χ4n) is 2.86. The van der Waals surface area contributed by atoms with E-state index in [0.717, 1.165) is 15.7 Å². The van der Waals surface area contributed by atoms with Gasteiger partial charge in [0.2, 0.25) is 0 Å². The van der Waals surface area contributed by atoms with Gasteiger partial charge in [-0.05, 0) is 39.6 Å². The van der Waals surface area contributed by atoms with Crippen LogP contribution in [0.4, 0.5) is 0 Å². The van der Waals surface area contributed by atoms with Crippen LogP contribution in [0.1, 0.15) is 52.0 Å². The molecular weight excluding hydrogens is 470 g/mol. The topological polar surface area (TPSA) is 40.6 Å². The molecule has 1 unspecified atom stereocenters. The van der Waals surface area contributed by atoms with Gasteiger partial charge in [-0.3, -0.25) is 4.98 Å². The van der Waals surface area contributed by atoms with E-state index in [1.54, 1.807) is 13.3 Å². The van der Waals surface area contributed by atoms with Gasteiger partial charge in [0.05, 0.1) is 17.7 Å². The molecule has 0 saturated heterocycles. The first-order valence-electron chi connectivity index (χ1n) is 10.5. The van der Waals surface area contributed by atoms with Gasteiger partial charge in [-0.25, -0.2) is 0 Å². The van der Waals surface area contributed by atoms with Gasteiger partial charge in [-0.15, -0.1) is 6.58 Å². The lowest BCUT2D eigenvalue weighted by Gasteiger charge is -2.43. The lowest BCUT2D eigenvalue weighted by atomic mass is 9.84. The zero-order chi connectivity index (χ0) is 23.4.